The van der Waals surface area contributed by atoms with Crippen LogP contribution in [0, 0.1) is 6.92 Å². The zero-order chi connectivity index (χ0) is 23.4. The lowest BCUT2D eigenvalue weighted by Gasteiger charge is -2.30. The van der Waals surface area contributed by atoms with Crippen molar-refractivity contribution in [2.75, 3.05) is 31.2 Å². The number of hydrogen-bond acceptors (Lipinski definition) is 5. The van der Waals surface area contributed by atoms with Crippen molar-refractivity contribution in [1.29, 1.82) is 0 Å². The van der Waals surface area contributed by atoms with Crippen LogP contribution in [0.3, 0.4) is 0 Å². The molecule has 1 fully saturated rings. The predicted octanol–water partition coefficient (Wildman–Crippen LogP) is 4.76. The summed E-state index contributed by atoms with van der Waals surface area (Å²) in [7, 11) is 0. The van der Waals surface area contributed by atoms with Crippen LogP contribution in [0.5, 0.6) is 0 Å². The summed E-state index contributed by atoms with van der Waals surface area (Å²) in [6, 6.07) is 15.1. The highest BCUT2D eigenvalue weighted by molar-refractivity contribution is 8.15. The van der Waals surface area contributed by atoms with Gasteiger partial charge in [0.2, 0.25) is 5.91 Å². The first kappa shape index (κ1) is 23.5. The van der Waals surface area contributed by atoms with Gasteiger partial charge in [0.1, 0.15) is 5.70 Å². The van der Waals surface area contributed by atoms with Crippen LogP contribution in [0.25, 0.3) is 6.08 Å². The molecule has 0 N–H and O–H groups in total. The molecule has 0 aliphatic carbocycles. The Morgan fingerprint density at radius 2 is 1.94 bits per heavy atom. The van der Waals surface area contributed by atoms with E-state index < -0.39 is 0 Å². The number of hydrogen-bond donors (Lipinski definition) is 0. The van der Waals surface area contributed by atoms with E-state index >= 15 is 0 Å². The number of rotatable bonds is 5. The number of thioether (sulfide) groups is 1. The number of amides is 2. The van der Waals surface area contributed by atoms with Crippen LogP contribution < -0.4 is 4.90 Å². The van der Waals surface area contributed by atoms with Crippen molar-refractivity contribution in [1.82, 2.24) is 4.90 Å². The van der Waals surface area contributed by atoms with Gasteiger partial charge in [0.25, 0.3) is 5.91 Å². The largest absolute Gasteiger partial charge is 0.378 e. The van der Waals surface area contributed by atoms with Crippen LogP contribution in [0.15, 0.2) is 59.2 Å². The SMILES string of the molecule is CC[C@H](SC1=N/C(=C\c2ccccc2)C(=O)N1c1ccc(C)c(Cl)c1)C(=O)N1CCOCC1. The van der Waals surface area contributed by atoms with Gasteiger partial charge in [-0.05, 0) is 42.7 Å². The molecular weight excluding hydrogens is 458 g/mol. The molecule has 0 radical (unpaired) electrons. The van der Waals surface area contributed by atoms with E-state index in [1.807, 2.05) is 61.2 Å². The molecule has 2 aromatic rings. The number of aryl methyl sites for hydroxylation is 1. The van der Waals surface area contributed by atoms with Crippen LogP contribution >= 0.6 is 23.4 Å². The Morgan fingerprint density at radius 3 is 2.61 bits per heavy atom. The van der Waals surface area contributed by atoms with Crippen molar-refractivity contribution >= 4 is 52.1 Å². The molecule has 0 bridgehead atoms. The molecule has 2 heterocycles. The minimum Gasteiger partial charge on any atom is -0.378 e. The van der Waals surface area contributed by atoms with E-state index in [1.165, 1.54) is 11.8 Å². The van der Waals surface area contributed by atoms with Gasteiger partial charge < -0.3 is 9.64 Å². The first-order valence-corrected chi connectivity index (χ1v) is 12.2. The summed E-state index contributed by atoms with van der Waals surface area (Å²) in [6.07, 6.45) is 2.39. The standard InChI is InChI=1S/C25H26ClN3O3S/c1-3-22(24(31)28-11-13-32-14-12-28)33-25-27-21(15-18-7-5-4-6-8-18)23(30)29(25)19-10-9-17(2)20(26)16-19/h4-10,15-16,22H,3,11-14H2,1-2H3/b21-15-/t22-/m0/s1. The van der Waals surface area contributed by atoms with Crippen molar-refractivity contribution in [3.8, 4) is 0 Å². The van der Waals surface area contributed by atoms with Crippen molar-refractivity contribution in [2.24, 2.45) is 4.99 Å². The highest BCUT2D eigenvalue weighted by atomic mass is 35.5. The molecule has 33 heavy (non-hydrogen) atoms. The Labute approximate surface area is 203 Å². The summed E-state index contributed by atoms with van der Waals surface area (Å²) in [5.41, 5.74) is 2.77. The van der Waals surface area contributed by atoms with Crippen molar-refractivity contribution in [3.63, 3.8) is 0 Å². The van der Waals surface area contributed by atoms with Gasteiger partial charge in [-0.3, -0.25) is 14.5 Å². The lowest BCUT2D eigenvalue weighted by molar-refractivity contribution is -0.134. The summed E-state index contributed by atoms with van der Waals surface area (Å²) in [5, 5.41) is 0.700. The Kier molecular flexibility index (Phi) is 7.53. The topological polar surface area (TPSA) is 62.2 Å². The number of halogens is 1. The van der Waals surface area contributed by atoms with Crippen LogP contribution in [-0.2, 0) is 14.3 Å². The van der Waals surface area contributed by atoms with E-state index in [1.54, 1.807) is 17.0 Å². The molecule has 6 nitrogen and oxygen atoms in total. The fourth-order valence-electron chi connectivity index (χ4n) is 3.65. The summed E-state index contributed by atoms with van der Waals surface area (Å²) >= 11 is 7.69. The van der Waals surface area contributed by atoms with Crippen LogP contribution in [0.1, 0.15) is 24.5 Å². The molecule has 2 aliphatic rings. The molecule has 0 saturated carbocycles. The van der Waals surface area contributed by atoms with Crippen molar-refractivity contribution < 1.29 is 14.3 Å². The van der Waals surface area contributed by atoms with E-state index in [9.17, 15) is 9.59 Å². The van der Waals surface area contributed by atoms with Gasteiger partial charge in [0.05, 0.1) is 24.2 Å². The van der Waals surface area contributed by atoms with Gasteiger partial charge in [0.15, 0.2) is 5.17 Å². The maximum absolute atomic E-state index is 13.4. The highest BCUT2D eigenvalue weighted by Crippen LogP contribution is 2.34. The number of benzene rings is 2. The third-order valence-electron chi connectivity index (χ3n) is 5.56. The summed E-state index contributed by atoms with van der Waals surface area (Å²) in [6.45, 7) is 6.14. The molecule has 0 spiro atoms. The molecule has 172 valence electrons. The van der Waals surface area contributed by atoms with Gasteiger partial charge >= 0.3 is 0 Å². The maximum atomic E-state index is 13.4. The number of carbonyl (C=O) groups is 2. The fourth-order valence-corrected chi connectivity index (χ4v) is 4.94. The molecule has 1 atom stereocenters. The van der Waals surface area contributed by atoms with E-state index in [-0.39, 0.29) is 17.1 Å². The Balaban J connectivity index is 1.67. The van der Waals surface area contributed by atoms with Crippen LogP contribution in [0.4, 0.5) is 5.69 Å². The third-order valence-corrected chi connectivity index (χ3v) is 7.27. The molecule has 2 aliphatic heterocycles. The zero-order valence-corrected chi connectivity index (χ0v) is 20.2. The Bertz CT molecular complexity index is 1100. The lowest BCUT2D eigenvalue weighted by Crippen LogP contribution is -2.45. The molecule has 4 rings (SSSR count). The third kappa shape index (κ3) is 5.32. The molecule has 2 amide bonds. The molecule has 0 unspecified atom stereocenters. The summed E-state index contributed by atoms with van der Waals surface area (Å²) in [4.78, 5) is 34.7. The first-order chi connectivity index (χ1) is 16.0. The molecule has 8 heteroatoms. The predicted molar refractivity (Wildman–Crippen MR) is 135 cm³/mol. The second-order valence-corrected chi connectivity index (χ2v) is 9.44. The second-order valence-electron chi connectivity index (χ2n) is 7.86. The van der Waals surface area contributed by atoms with Gasteiger partial charge in [-0.2, -0.15) is 0 Å². The van der Waals surface area contributed by atoms with Gasteiger partial charge in [-0.25, -0.2) is 4.99 Å². The minimum atomic E-state index is -0.353. The number of aliphatic imine (C=N–C) groups is 1. The number of ether oxygens (including phenoxy) is 1. The summed E-state index contributed by atoms with van der Waals surface area (Å²) < 4.78 is 5.38. The van der Waals surface area contributed by atoms with E-state index in [4.69, 9.17) is 16.3 Å². The Hall–Kier alpha value is -2.61. The van der Waals surface area contributed by atoms with E-state index in [2.05, 4.69) is 4.99 Å². The van der Waals surface area contributed by atoms with Gasteiger partial charge in [-0.15, -0.1) is 0 Å². The van der Waals surface area contributed by atoms with Crippen LogP contribution in [-0.4, -0.2) is 53.4 Å². The normalized spacial score (nSPS) is 18.6. The smallest absolute Gasteiger partial charge is 0.283 e. The lowest BCUT2D eigenvalue weighted by atomic mass is 10.2. The molecule has 1 saturated heterocycles. The second kappa shape index (κ2) is 10.5. The van der Waals surface area contributed by atoms with E-state index in [0.29, 0.717) is 54.3 Å². The maximum Gasteiger partial charge on any atom is 0.283 e. The van der Waals surface area contributed by atoms with E-state index in [0.717, 1.165) is 11.1 Å². The molecule has 0 aromatic heterocycles. The molecule has 2 aromatic carbocycles. The number of morpholine rings is 1. The molecular formula is C25H26ClN3O3S. The number of anilines is 1. The van der Waals surface area contributed by atoms with Crippen LogP contribution in [0.2, 0.25) is 5.02 Å². The monoisotopic (exact) mass is 483 g/mol. The minimum absolute atomic E-state index is 0.0447. The fraction of sp³-hybridized carbons (Fsp3) is 0.320. The number of nitrogens with zero attached hydrogens (tertiary/aromatic N) is 3. The highest BCUT2D eigenvalue weighted by Gasteiger charge is 2.36. The average molecular weight is 484 g/mol. The number of carbonyl (C=O) groups excluding carboxylic acids is 2. The zero-order valence-electron chi connectivity index (χ0n) is 18.7. The van der Waals surface area contributed by atoms with Gasteiger partial charge in [0, 0.05) is 18.1 Å². The van der Waals surface area contributed by atoms with Crippen molar-refractivity contribution in [2.45, 2.75) is 25.5 Å². The van der Waals surface area contributed by atoms with Crippen molar-refractivity contribution in [3.05, 3.63) is 70.4 Å². The Morgan fingerprint density at radius 1 is 1.21 bits per heavy atom. The first-order valence-electron chi connectivity index (χ1n) is 11.0. The quantitative estimate of drug-likeness (QED) is 0.575. The average Bonchev–Trinajstić information content (AvgIpc) is 3.14. The summed E-state index contributed by atoms with van der Waals surface area (Å²) in [5.74, 6) is -0.196. The number of amidine groups is 1. The van der Waals surface area contributed by atoms with Gasteiger partial charge in [-0.1, -0.05) is 66.7 Å².